The number of ether oxygens (including phenoxy) is 2. The van der Waals surface area contributed by atoms with E-state index in [4.69, 9.17) is 21.1 Å². The molecule has 6 heteroatoms. The molecule has 2 rings (SSSR count). The van der Waals surface area contributed by atoms with E-state index >= 15 is 0 Å². The van der Waals surface area contributed by atoms with Gasteiger partial charge in [0.25, 0.3) is 0 Å². The Bertz CT molecular complexity index is 603. The summed E-state index contributed by atoms with van der Waals surface area (Å²) in [5.41, 5.74) is 1.07. The Kier molecular flexibility index (Phi) is 6.36. The van der Waals surface area contributed by atoms with E-state index in [1.54, 1.807) is 18.4 Å². The van der Waals surface area contributed by atoms with Crippen LogP contribution in [0.25, 0.3) is 0 Å². The van der Waals surface area contributed by atoms with E-state index in [9.17, 15) is 0 Å². The molecule has 0 radical (unpaired) electrons. The summed E-state index contributed by atoms with van der Waals surface area (Å²) >= 11 is 11.5. The summed E-state index contributed by atoms with van der Waals surface area (Å²) in [5, 5.41) is 5.84. The molecule has 0 aliphatic rings. The lowest BCUT2D eigenvalue weighted by molar-refractivity contribution is 0.287. The van der Waals surface area contributed by atoms with Crippen LogP contribution >= 0.6 is 38.9 Å². The molecule has 21 heavy (non-hydrogen) atoms. The van der Waals surface area contributed by atoms with Crippen LogP contribution in [-0.2, 0) is 13.2 Å². The third kappa shape index (κ3) is 4.36. The van der Waals surface area contributed by atoms with Crippen molar-refractivity contribution in [2.45, 2.75) is 20.1 Å². The molecule has 0 aliphatic carbocycles. The Labute approximate surface area is 142 Å². The van der Waals surface area contributed by atoms with Gasteiger partial charge in [0.2, 0.25) is 0 Å². The van der Waals surface area contributed by atoms with Crippen molar-refractivity contribution in [3.63, 3.8) is 0 Å². The van der Waals surface area contributed by atoms with Crippen molar-refractivity contribution in [1.29, 1.82) is 0 Å². The minimum absolute atomic E-state index is 0.459. The molecule has 0 aliphatic heterocycles. The summed E-state index contributed by atoms with van der Waals surface area (Å²) in [5.74, 6) is 1.24. The smallest absolute Gasteiger partial charge is 0.180 e. The number of methoxy groups -OCH3 is 1. The summed E-state index contributed by atoms with van der Waals surface area (Å²) in [4.78, 5) is 1.12. The van der Waals surface area contributed by atoms with Crippen molar-refractivity contribution in [2.75, 3.05) is 13.7 Å². The third-order valence-electron chi connectivity index (χ3n) is 2.91. The monoisotopic (exact) mass is 389 g/mol. The molecular formula is C15H17BrClNO2S. The van der Waals surface area contributed by atoms with Crippen LogP contribution in [0.4, 0.5) is 0 Å². The summed E-state index contributed by atoms with van der Waals surface area (Å²) < 4.78 is 12.3. The predicted octanol–water partition coefficient (Wildman–Crippen LogP) is 4.86. The van der Waals surface area contributed by atoms with Crippen molar-refractivity contribution in [2.24, 2.45) is 0 Å². The lowest BCUT2D eigenvalue weighted by atomic mass is 10.2. The zero-order valence-corrected chi connectivity index (χ0v) is 15.1. The molecule has 114 valence electrons. The lowest BCUT2D eigenvalue weighted by Crippen LogP contribution is -2.12. The molecule has 1 aromatic heterocycles. The van der Waals surface area contributed by atoms with E-state index in [0.717, 1.165) is 28.0 Å². The molecular weight excluding hydrogens is 374 g/mol. The second kappa shape index (κ2) is 8.03. The van der Waals surface area contributed by atoms with E-state index in [1.807, 2.05) is 23.6 Å². The highest BCUT2D eigenvalue weighted by Crippen LogP contribution is 2.37. The van der Waals surface area contributed by atoms with Gasteiger partial charge in [-0.2, -0.15) is 0 Å². The molecule has 2 aromatic rings. The fraction of sp³-hybridized carbons (Fsp3) is 0.333. The second-order valence-electron chi connectivity index (χ2n) is 4.37. The molecule has 0 bridgehead atoms. The highest BCUT2D eigenvalue weighted by molar-refractivity contribution is 9.10. The van der Waals surface area contributed by atoms with Gasteiger partial charge in [0.05, 0.1) is 17.0 Å². The quantitative estimate of drug-likeness (QED) is 0.732. The first-order chi connectivity index (χ1) is 10.2. The third-order valence-corrected chi connectivity index (χ3v) is 5.09. The first-order valence-electron chi connectivity index (χ1n) is 6.57. The molecule has 0 spiro atoms. The molecule has 0 saturated carbocycles. The van der Waals surface area contributed by atoms with Crippen molar-refractivity contribution in [3.05, 3.63) is 43.5 Å². The molecule has 3 nitrogen and oxygen atoms in total. The zero-order chi connectivity index (χ0) is 15.2. The number of thiophene rings is 1. The Morgan fingerprint density at radius 1 is 1.38 bits per heavy atom. The van der Waals surface area contributed by atoms with E-state index in [1.165, 1.54) is 0 Å². The SMILES string of the molecule is CCNCc1cc(Cl)c(OCc2sccc2Br)c(OC)c1. The average molecular weight is 391 g/mol. The fourth-order valence-electron chi connectivity index (χ4n) is 1.85. The van der Waals surface area contributed by atoms with Crippen LogP contribution in [0.5, 0.6) is 11.5 Å². The molecule has 1 N–H and O–H groups in total. The average Bonchev–Trinajstić information content (AvgIpc) is 2.88. The highest BCUT2D eigenvalue weighted by atomic mass is 79.9. The van der Waals surface area contributed by atoms with E-state index < -0.39 is 0 Å². The first-order valence-corrected chi connectivity index (χ1v) is 8.62. The van der Waals surface area contributed by atoms with Gasteiger partial charge in [0.15, 0.2) is 11.5 Å². The van der Waals surface area contributed by atoms with Gasteiger partial charge < -0.3 is 14.8 Å². The molecule has 0 saturated heterocycles. The van der Waals surface area contributed by atoms with Gasteiger partial charge in [-0.15, -0.1) is 11.3 Å². The number of nitrogens with one attached hydrogen (secondary N) is 1. The lowest BCUT2D eigenvalue weighted by Gasteiger charge is -2.14. The summed E-state index contributed by atoms with van der Waals surface area (Å²) in [7, 11) is 1.62. The Balaban J connectivity index is 2.16. The number of benzene rings is 1. The topological polar surface area (TPSA) is 30.5 Å². The molecule has 1 heterocycles. The van der Waals surface area contributed by atoms with Gasteiger partial charge in [0, 0.05) is 11.0 Å². The normalized spacial score (nSPS) is 10.7. The van der Waals surface area contributed by atoms with Crippen molar-refractivity contribution in [3.8, 4) is 11.5 Å². The standard InChI is InChI=1S/C15H17BrClNO2S/c1-3-18-8-10-6-12(17)15(13(7-10)19-2)20-9-14-11(16)4-5-21-14/h4-7,18H,3,8-9H2,1-2H3. The van der Waals surface area contributed by atoms with Crippen LogP contribution in [0.3, 0.4) is 0 Å². The molecule has 0 fully saturated rings. The Morgan fingerprint density at radius 2 is 2.19 bits per heavy atom. The van der Waals surface area contributed by atoms with E-state index in [-0.39, 0.29) is 0 Å². The van der Waals surface area contributed by atoms with E-state index in [0.29, 0.717) is 23.1 Å². The van der Waals surface area contributed by atoms with Gasteiger partial charge in [-0.3, -0.25) is 0 Å². The molecule has 1 aromatic carbocycles. The van der Waals surface area contributed by atoms with Crippen LogP contribution in [0.1, 0.15) is 17.4 Å². The maximum Gasteiger partial charge on any atom is 0.180 e. The molecule has 0 unspecified atom stereocenters. The van der Waals surface area contributed by atoms with Crippen LogP contribution in [0.2, 0.25) is 5.02 Å². The number of hydrogen-bond donors (Lipinski definition) is 1. The zero-order valence-electron chi connectivity index (χ0n) is 11.9. The number of halogens is 2. The number of rotatable bonds is 7. The van der Waals surface area contributed by atoms with Crippen LogP contribution in [0, 0.1) is 0 Å². The van der Waals surface area contributed by atoms with Gasteiger partial charge in [0.1, 0.15) is 6.61 Å². The summed E-state index contributed by atoms with van der Waals surface area (Å²) in [6.45, 7) is 4.18. The van der Waals surface area contributed by atoms with Gasteiger partial charge in [-0.25, -0.2) is 0 Å². The van der Waals surface area contributed by atoms with Gasteiger partial charge >= 0.3 is 0 Å². The van der Waals surface area contributed by atoms with E-state index in [2.05, 4.69) is 28.2 Å². The maximum absolute atomic E-state index is 6.33. The van der Waals surface area contributed by atoms with Crippen LogP contribution in [-0.4, -0.2) is 13.7 Å². The second-order valence-corrected chi connectivity index (χ2v) is 6.63. The van der Waals surface area contributed by atoms with Crippen LogP contribution < -0.4 is 14.8 Å². The van der Waals surface area contributed by atoms with Crippen molar-refractivity contribution < 1.29 is 9.47 Å². The fourth-order valence-corrected chi connectivity index (χ4v) is 3.52. The minimum atomic E-state index is 0.459. The minimum Gasteiger partial charge on any atom is -0.493 e. The number of hydrogen-bond acceptors (Lipinski definition) is 4. The predicted molar refractivity (Wildman–Crippen MR) is 91.7 cm³/mol. The van der Waals surface area contributed by atoms with Gasteiger partial charge in [-0.1, -0.05) is 18.5 Å². The Hall–Kier alpha value is -0.750. The first kappa shape index (κ1) is 16.6. The Morgan fingerprint density at radius 3 is 2.81 bits per heavy atom. The molecule has 0 amide bonds. The summed E-state index contributed by atoms with van der Waals surface area (Å²) in [6, 6.07) is 5.86. The summed E-state index contributed by atoms with van der Waals surface area (Å²) in [6.07, 6.45) is 0. The largest absolute Gasteiger partial charge is 0.493 e. The van der Waals surface area contributed by atoms with Crippen molar-refractivity contribution >= 4 is 38.9 Å². The van der Waals surface area contributed by atoms with Crippen LogP contribution in [0.15, 0.2) is 28.1 Å². The van der Waals surface area contributed by atoms with Gasteiger partial charge in [-0.05, 0) is 51.6 Å². The van der Waals surface area contributed by atoms with Crippen molar-refractivity contribution in [1.82, 2.24) is 5.32 Å². The highest BCUT2D eigenvalue weighted by Gasteiger charge is 2.13. The molecule has 0 atom stereocenters. The maximum atomic E-state index is 6.33.